The van der Waals surface area contributed by atoms with E-state index in [1.807, 2.05) is 0 Å². The lowest BCUT2D eigenvalue weighted by atomic mass is 10.2. The third-order valence-corrected chi connectivity index (χ3v) is 0.910. The zero-order valence-corrected chi connectivity index (χ0v) is 5.52. The van der Waals surface area contributed by atoms with Gasteiger partial charge in [0.05, 0.1) is 0 Å². The van der Waals surface area contributed by atoms with Crippen molar-refractivity contribution >= 4 is 5.97 Å². The molecule has 2 N–H and O–H groups in total. The highest BCUT2D eigenvalue weighted by Gasteiger charge is 2.10. The molecule has 0 rings (SSSR count). The minimum Gasteiger partial charge on any atom is -0.357 e. The molecule has 0 aliphatic rings. The topological polar surface area (TPSA) is 101 Å². The summed E-state index contributed by atoms with van der Waals surface area (Å²) in [6, 6.07) is -0.703. The minimum atomic E-state index is -0.708. The van der Waals surface area contributed by atoms with E-state index in [1.165, 1.54) is 0 Å². The molecule has 0 amide bonds. The van der Waals surface area contributed by atoms with Gasteiger partial charge in [0.1, 0.15) is 11.3 Å². The van der Waals surface area contributed by atoms with Gasteiger partial charge in [-0.1, -0.05) is 6.92 Å². The molecule has 0 aromatic heterocycles. The van der Waals surface area contributed by atoms with Gasteiger partial charge in [-0.15, -0.1) is 0 Å². The predicted octanol–water partition coefficient (Wildman–Crippen LogP) is 0.492. The van der Waals surface area contributed by atoms with Crippen LogP contribution in [0, 0.1) is 0 Å². The zero-order valence-electron chi connectivity index (χ0n) is 5.52. The fraction of sp³-hybridized carbons (Fsp3) is 0.750. The summed E-state index contributed by atoms with van der Waals surface area (Å²) in [6.07, 6.45) is 0.458. The van der Waals surface area contributed by atoms with Gasteiger partial charge in [-0.25, -0.2) is 4.79 Å². The molecule has 0 aromatic rings. The van der Waals surface area contributed by atoms with Crippen LogP contribution in [0.25, 0.3) is 10.4 Å². The zero-order chi connectivity index (χ0) is 7.98. The van der Waals surface area contributed by atoms with Crippen molar-refractivity contribution in [2.75, 3.05) is 0 Å². The summed E-state index contributed by atoms with van der Waals surface area (Å²) in [5.74, 6) is -0.708. The highest BCUT2D eigenvalue weighted by atomic mass is 16.7. The Morgan fingerprint density at radius 3 is 3.00 bits per heavy atom. The standard InChI is InChI=1S/C4H8N4O2/c1-2-3(5)4(9)10-8-7-6/h3H,2,5H2,1H3/t3-/m0/s1. The SMILES string of the molecule is CC[C@H](N)C(=O)ON=[N+]=[N-]. The summed E-state index contributed by atoms with van der Waals surface area (Å²) < 4.78 is 0. The fourth-order valence-electron chi connectivity index (χ4n) is 0.293. The Morgan fingerprint density at radius 1 is 2.00 bits per heavy atom. The molecule has 6 heteroatoms. The highest BCUT2D eigenvalue weighted by molar-refractivity contribution is 5.75. The van der Waals surface area contributed by atoms with Gasteiger partial charge in [0, 0.05) is 4.91 Å². The third kappa shape index (κ3) is 2.91. The summed E-state index contributed by atoms with van der Waals surface area (Å²) in [4.78, 5) is 16.7. The third-order valence-electron chi connectivity index (χ3n) is 0.910. The first kappa shape index (κ1) is 8.74. The summed E-state index contributed by atoms with van der Waals surface area (Å²) in [5.41, 5.74) is 12.9. The number of rotatable bonds is 3. The molecule has 6 nitrogen and oxygen atoms in total. The number of nitrogens with zero attached hydrogens (tertiary/aromatic N) is 3. The first-order chi connectivity index (χ1) is 4.72. The molecular weight excluding hydrogens is 136 g/mol. The van der Waals surface area contributed by atoms with Gasteiger partial charge in [0.25, 0.3) is 0 Å². The van der Waals surface area contributed by atoms with E-state index in [-0.39, 0.29) is 0 Å². The second kappa shape index (κ2) is 4.60. The maximum Gasteiger partial charge on any atom is 0.334 e. The Hall–Kier alpha value is -1.26. The average molecular weight is 144 g/mol. The van der Waals surface area contributed by atoms with Crippen molar-refractivity contribution in [2.24, 2.45) is 11.0 Å². The lowest BCUT2D eigenvalue weighted by Gasteiger charge is -2.01. The molecule has 0 unspecified atom stereocenters. The maximum atomic E-state index is 10.5. The van der Waals surface area contributed by atoms with E-state index >= 15 is 0 Å². The van der Waals surface area contributed by atoms with Crippen molar-refractivity contribution in [1.29, 1.82) is 0 Å². The molecule has 0 saturated carbocycles. The predicted molar refractivity (Wildman–Crippen MR) is 33.5 cm³/mol. The Kier molecular flexibility index (Phi) is 4.02. The van der Waals surface area contributed by atoms with Crippen LogP contribution in [-0.2, 0) is 9.63 Å². The Labute approximate surface area is 57.5 Å². The quantitative estimate of drug-likeness (QED) is 0.270. The van der Waals surface area contributed by atoms with E-state index < -0.39 is 12.0 Å². The summed E-state index contributed by atoms with van der Waals surface area (Å²) >= 11 is 0. The van der Waals surface area contributed by atoms with Crippen LogP contribution >= 0.6 is 0 Å². The van der Waals surface area contributed by atoms with Gasteiger partial charge < -0.3 is 10.6 Å². The average Bonchev–Trinajstić information content (AvgIpc) is 1.98. The minimum absolute atomic E-state index is 0.458. The van der Waals surface area contributed by atoms with Crippen molar-refractivity contribution in [2.45, 2.75) is 19.4 Å². The maximum absolute atomic E-state index is 10.5. The molecule has 0 aromatic carbocycles. The molecule has 0 saturated heterocycles. The number of hydrogen-bond donors (Lipinski definition) is 1. The second-order valence-corrected chi connectivity index (χ2v) is 1.60. The number of hydrogen-bond acceptors (Lipinski definition) is 4. The van der Waals surface area contributed by atoms with Crippen LogP contribution in [0.4, 0.5) is 0 Å². The van der Waals surface area contributed by atoms with Gasteiger partial charge in [-0.05, 0) is 12.0 Å². The van der Waals surface area contributed by atoms with Crippen molar-refractivity contribution in [3.05, 3.63) is 10.4 Å². The van der Waals surface area contributed by atoms with E-state index in [4.69, 9.17) is 11.3 Å². The van der Waals surface area contributed by atoms with Crippen LogP contribution in [0.15, 0.2) is 5.28 Å². The van der Waals surface area contributed by atoms with Crippen LogP contribution in [-0.4, -0.2) is 12.0 Å². The lowest BCUT2D eigenvalue weighted by molar-refractivity contribution is -0.145. The number of azide groups is 1. The van der Waals surface area contributed by atoms with E-state index in [1.54, 1.807) is 6.92 Å². The van der Waals surface area contributed by atoms with Gasteiger partial charge >= 0.3 is 5.97 Å². The van der Waals surface area contributed by atoms with Crippen LogP contribution in [0.1, 0.15) is 13.3 Å². The molecule has 0 radical (unpaired) electrons. The smallest absolute Gasteiger partial charge is 0.334 e. The number of carbonyl (C=O) groups is 1. The monoisotopic (exact) mass is 144 g/mol. The van der Waals surface area contributed by atoms with Crippen molar-refractivity contribution < 1.29 is 9.63 Å². The molecular formula is C4H8N4O2. The molecule has 10 heavy (non-hydrogen) atoms. The lowest BCUT2D eigenvalue weighted by Crippen LogP contribution is -2.30. The number of carbonyl (C=O) groups excluding carboxylic acids is 1. The summed E-state index contributed by atoms with van der Waals surface area (Å²) in [5, 5.41) is 2.59. The van der Waals surface area contributed by atoms with Gasteiger partial charge in [0.15, 0.2) is 0 Å². The van der Waals surface area contributed by atoms with Crippen LogP contribution in [0.2, 0.25) is 0 Å². The van der Waals surface area contributed by atoms with E-state index in [2.05, 4.69) is 15.0 Å². The number of nitrogens with two attached hydrogens (primary N) is 1. The first-order valence-electron chi connectivity index (χ1n) is 2.73. The van der Waals surface area contributed by atoms with Gasteiger partial charge in [-0.2, -0.15) is 0 Å². The Bertz CT molecular complexity index is 163. The normalized spacial score (nSPS) is 11.4. The molecule has 0 bridgehead atoms. The molecule has 0 heterocycles. The van der Waals surface area contributed by atoms with Crippen molar-refractivity contribution in [1.82, 2.24) is 0 Å². The van der Waals surface area contributed by atoms with Crippen LogP contribution < -0.4 is 5.73 Å². The van der Waals surface area contributed by atoms with E-state index in [0.29, 0.717) is 6.42 Å². The molecule has 0 fully saturated rings. The van der Waals surface area contributed by atoms with Gasteiger partial charge in [-0.3, -0.25) is 0 Å². The summed E-state index contributed by atoms with van der Waals surface area (Å²) in [6.45, 7) is 1.72. The molecule has 0 spiro atoms. The fourth-order valence-corrected chi connectivity index (χ4v) is 0.293. The van der Waals surface area contributed by atoms with Gasteiger partial charge in [0.2, 0.25) is 0 Å². The second-order valence-electron chi connectivity index (χ2n) is 1.60. The Balaban J connectivity index is 3.72. The highest BCUT2D eigenvalue weighted by Crippen LogP contribution is 1.90. The van der Waals surface area contributed by atoms with E-state index in [9.17, 15) is 4.79 Å². The molecule has 56 valence electrons. The van der Waals surface area contributed by atoms with E-state index in [0.717, 1.165) is 0 Å². The summed E-state index contributed by atoms with van der Waals surface area (Å²) in [7, 11) is 0. The van der Waals surface area contributed by atoms with Crippen molar-refractivity contribution in [3.63, 3.8) is 0 Å². The molecule has 0 aliphatic carbocycles. The molecule has 1 atom stereocenters. The first-order valence-corrected chi connectivity index (χ1v) is 2.73. The van der Waals surface area contributed by atoms with Crippen LogP contribution in [0.5, 0.6) is 0 Å². The van der Waals surface area contributed by atoms with Crippen LogP contribution in [0.3, 0.4) is 0 Å². The van der Waals surface area contributed by atoms with Crippen molar-refractivity contribution in [3.8, 4) is 0 Å². The Morgan fingerprint density at radius 2 is 2.60 bits per heavy atom. The largest absolute Gasteiger partial charge is 0.357 e. The molecule has 0 aliphatic heterocycles.